The SMILES string of the molecule is C=CCNC(=O)C(=O)NCCCc1ccc(N2CCc3ccccc3C2)cc1. The quantitative estimate of drug-likeness (QED) is 0.443. The molecule has 0 saturated heterocycles. The molecule has 5 nitrogen and oxygen atoms in total. The minimum Gasteiger partial charge on any atom is -0.367 e. The Morgan fingerprint density at radius 1 is 1.00 bits per heavy atom. The highest BCUT2D eigenvalue weighted by molar-refractivity contribution is 6.35. The van der Waals surface area contributed by atoms with Gasteiger partial charge in [-0.15, -0.1) is 6.58 Å². The van der Waals surface area contributed by atoms with Gasteiger partial charge < -0.3 is 15.5 Å². The standard InChI is InChI=1S/C23H27N3O2/c1-2-14-24-22(27)23(28)25-15-5-6-18-9-11-21(12-10-18)26-16-13-19-7-3-4-8-20(19)17-26/h2-4,7-12H,1,5-6,13-17H2,(H,24,27)(H,25,28). The van der Waals surface area contributed by atoms with E-state index in [2.05, 4.69) is 70.6 Å². The topological polar surface area (TPSA) is 61.4 Å². The van der Waals surface area contributed by atoms with Gasteiger partial charge in [0.05, 0.1) is 0 Å². The van der Waals surface area contributed by atoms with Crippen LogP contribution >= 0.6 is 0 Å². The van der Waals surface area contributed by atoms with Crippen molar-refractivity contribution in [2.75, 3.05) is 24.5 Å². The molecule has 1 heterocycles. The van der Waals surface area contributed by atoms with Crippen LogP contribution in [-0.4, -0.2) is 31.4 Å². The molecule has 5 heteroatoms. The largest absolute Gasteiger partial charge is 0.367 e. The molecule has 0 unspecified atom stereocenters. The van der Waals surface area contributed by atoms with Crippen LogP contribution in [0.4, 0.5) is 5.69 Å². The number of carbonyl (C=O) groups is 2. The Kier molecular flexibility index (Phi) is 6.84. The summed E-state index contributed by atoms with van der Waals surface area (Å²) in [6.07, 6.45) is 4.27. The summed E-state index contributed by atoms with van der Waals surface area (Å²) in [7, 11) is 0. The predicted octanol–water partition coefficient (Wildman–Crippen LogP) is 2.60. The van der Waals surface area contributed by atoms with E-state index < -0.39 is 11.8 Å². The summed E-state index contributed by atoms with van der Waals surface area (Å²) in [5.41, 5.74) is 5.33. The van der Waals surface area contributed by atoms with Crippen LogP contribution in [0.1, 0.15) is 23.1 Å². The molecule has 0 spiro atoms. The van der Waals surface area contributed by atoms with Crippen molar-refractivity contribution in [2.24, 2.45) is 0 Å². The molecule has 0 saturated carbocycles. The van der Waals surface area contributed by atoms with E-state index in [9.17, 15) is 9.59 Å². The maximum absolute atomic E-state index is 11.6. The first-order valence-corrected chi connectivity index (χ1v) is 9.75. The average molecular weight is 377 g/mol. The van der Waals surface area contributed by atoms with Crippen LogP contribution in [0.5, 0.6) is 0 Å². The fourth-order valence-corrected chi connectivity index (χ4v) is 3.41. The van der Waals surface area contributed by atoms with Gasteiger partial charge in [-0.05, 0) is 48.1 Å². The number of nitrogens with one attached hydrogen (secondary N) is 2. The van der Waals surface area contributed by atoms with Crippen LogP contribution in [-0.2, 0) is 29.0 Å². The number of hydrogen-bond acceptors (Lipinski definition) is 3. The van der Waals surface area contributed by atoms with E-state index in [0.29, 0.717) is 13.1 Å². The van der Waals surface area contributed by atoms with E-state index in [1.807, 2.05) is 0 Å². The molecule has 28 heavy (non-hydrogen) atoms. The van der Waals surface area contributed by atoms with Gasteiger partial charge in [-0.3, -0.25) is 9.59 Å². The van der Waals surface area contributed by atoms with E-state index in [-0.39, 0.29) is 0 Å². The second-order valence-electron chi connectivity index (χ2n) is 6.96. The molecular formula is C23H27N3O2. The Balaban J connectivity index is 1.43. The molecule has 2 aromatic carbocycles. The maximum atomic E-state index is 11.6. The zero-order valence-corrected chi connectivity index (χ0v) is 16.1. The summed E-state index contributed by atoms with van der Waals surface area (Å²) in [5.74, 6) is -1.21. The summed E-state index contributed by atoms with van der Waals surface area (Å²) >= 11 is 0. The normalized spacial score (nSPS) is 12.8. The van der Waals surface area contributed by atoms with Gasteiger partial charge in [0.1, 0.15) is 0 Å². The summed E-state index contributed by atoms with van der Waals surface area (Å²) in [4.78, 5) is 25.5. The van der Waals surface area contributed by atoms with E-state index >= 15 is 0 Å². The van der Waals surface area contributed by atoms with Crippen LogP contribution < -0.4 is 15.5 Å². The fraction of sp³-hybridized carbons (Fsp3) is 0.304. The highest BCUT2D eigenvalue weighted by Gasteiger charge is 2.16. The van der Waals surface area contributed by atoms with E-state index in [1.165, 1.54) is 28.5 Å². The van der Waals surface area contributed by atoms with Crippen LogP contribution in [0.15, 0.2) is 61.2 Å². The van der Waals surface area contributed by atoms with Crippen molar-refractivity contribution >= 4 is 17.5 Å². The number of aryl methyl sites for hydroxylation is 1. The van der Waals surface area contributed by atoms with Gasteiger partial charge in [0.2, 0.25) is 0 Å². The van der Waals surface area contributed by atoms with Gasteiger partial charge in [-0.2, -0.15) is 0 Å². The van der Waals surface area contributed by atoms with Crippen LogP contribution in [0.2, 0.25) is 0 Å². The molecule has 0 aromatic heterocycles. The highest BCUT2D eigenvalue weighted by Crippen LogP contribution is 2.24. The third-order valence-electron chi connectivity index (χ3n) is 4.97. The number of carbonyl (C=O) groups excluding carboxylic acids is 2. The summed E-state index contributed by atoms with van der Waals surface area (Å²) < 4.78 is 0. The van der Waals surface area contributed by atoms with Gasteiger partial charge in [-0.25, -0.2) is 0 Å². The summed E-state index contributed by atoms with van der Waals surface area (Å²) in [5, 5.41) is 5.10. The summed E-state index contributed by atoms with van der Waals surface area (Å²) in [6.45, 7) is 6.26. The Morgan fingerprint density at radius 2 is 1.71 bits per heavy atom. The molecule has 0 aliphatic carbocycles. The number of benzene rings is 2. The Labute approximate surface area is 166 Å². The number of anilines is 1. The molecule has 1 aliphatic heterocycles. The van der Waals surface area contributed by atoms with Crippen LogP contribution in [0, 0.1) is 0 Å². The minimum absolute atomic E-state index is 0.293. The van der Waals surface area contributed by atoms with E-state index in [0.717, 1.165) is 32.4 Å². The number of hydrogen-bond donors (Lipinski definition) is 2. The number of nitrogens with zero attached hydrogens (tertiary/aromatic N) is 1. The molecule has 2 amide bonds. The van der Waals surface area contributed by atoms with Crippen molar-refractivity contribution in [1.82, 2.24) is 10.6 Å². The Bertz CT molecular complexity index is 830. The molecular weight excluding hydrogens is 350 g/mol. The molecule has 0 radical (unpaired) electrons. The predicted molar refractivity (Wildman–Crippen MR) is 112 cm³/mol. The first kappa shape index (κ1) is 19.7. The second-order valence-corrected chi connectivity index (χ2v) is 6.96. The first-order chi connectivity index (χ1) is 13.7. The lowest BCUT2D eigenvalue weighted by Gasteiger charge is -2.30. The number of fused-ring (bicyclic) bond motifs is 1. The van der Waals surface area contributed by atoms with Gasteiger partial charge in [0.15, 0.2) is 0 Å². The molecule has 0 atom stereocenters. The smallest absolute Gasteiger partial charge is 0.309 e. The van der Waals surface area contributed by atoms with Gasteiger partial charge >= 0.3 is 11.8 Å². The molecule has 1 aliphatic rings. The molecule has 2 aromatic rings. The zero-order chi connectivity index (χ0) is 19.8. The number of amides is 2. The zero-order valence-electron chi connectivity index (χ0n) is 16.1. The maximum Gasteiger partial charge on any atom is 0.309 e. The fourth-order valence-electron chi connectivity index (χ4n) is 3.41. The highest BCUT2D eigenvalue weighted by atomic mass is 16.2. The molecule has 0 bridgehead atoms. The lowest BCUT2D eigenvalue weighted by Crippen LogP contribution is -2.40. The average Bonchev–Trinajstić information content (AvgIpc) is 2.75. The third kappa shape index (κ3) is 5.22. The van der Waals surface area contributed by atoms with Crippen LogP contribution in [0.25, 0.3) is 0 Å². The third-order valence-corrected chi connectivity index (χ3v) is 4.97. The molecule has 2 N–H and O–H groups in total. The van der Waals surface area contributed by atoms with Crippen LogP contribution in [0.3, 0.4) is 0 Å². The second kappa shape index (κ2) is 9.74. The Hall–Kier alpha value is -3.08. The number of rotatable bonds is 7. The van der Waals surface area contributed by atoms with Crippen molar-refractivity contribution in [3.05, 3.63) is 77.9 Å². The van der Waals surface area contributed by atoms with Crippen molar-refractivity contribution in [3.63, 3.8) is 0 Å². The van der Waals surface area contributed by atoms with Crippen molar-refractivity contribution in [2.45, 2.75) is 25.8 Å². The van der Waals surface area contributed by atoms with E-state index in [1.54, 1.807) is 0 Å². The lowest BCUT2D eigenvalue weighted by atomic mass is 9.99. The summed E-state index contributed by atoms with van der Waals surface area (Å²) in [6, 6.07) is 17.3. The monoisotopic (exact) mass is 377 g/mol. The first-order valence-electron chi connectivity index (χ1n) is 9.75. The Morgan fingerprint density at radius 3 is 2.46 bits per heavy atom. The van der Waals surface area contributed by atoms with Gasteiger partial charge in [0.25, 0.3) is 0 Å². The van der Waals surface area contributed by atoms with E-state index in [4.69, 9.17) is 0 Å². The van der Waals surface area contributed by atoms with Crippen molar-refractivity contribution in [1.29, 1.82) is 0 Å². The molecule has 3 rings (SSSR count). The van der Waals surface area contributed by atoms with Crippen molar-refractivity contribution < 1.29 is 9.59 Å². The van der Waals surface area contributed by atoms with Gasteiger partial charge in [0, 0.05) is 31.9 Å². The minimum atomic E-state index is -0.618. The molecule has 146 valence electrons. The van der Waals surface area contributed by atoms with Crippen molar-refractivity contribution in [3.8, 4) is 0 Å². The molecule has 0 fully saturated rings. The van der Waals surface area contributed by atoms with Gasteiger partial charge in [-0.1, -0.05) is 42.5 Å². The lowest BCUT2D eigenvalue weighted by molar-refractivity contribution is -0.139.